The van der Waals surface area contributed by atoms with Gasteiger partial charge in [-0.25, -0.2) is 0 Å². The molecule has 3 atom stereocenters. The smallest absolute Gasteiger partial charge is 0.199 e. The molecule has 0 spiro atoms. The second-order valence-electron chi connectivity index (χ2n) is 10.3. The molecule has 0 amide bonds. The number of nitrogens with zero attached hydrogens (tertiary/aromatic N) is 2. The number of allylic oxidation sites excluding steroid dienone is 2. The lowest BCUT2D eigenvalue weighted by Gasteiger charge is -2.45. The molecule has 2 aromatic carbocycles. The van der Waals surface area contributed by atoms with Gasteiger partial charge in [0.1, 0.15) is 0 Å². The monoisotopic (exact) mass is 654 g/mol. The van der Waals surface area contributed by atoms with E-state index in [-0.39, 0.29) is 24.3 Å². The Morgan fingerprint density at radius 2 is 1.18 bits per heavy atom. The summed E-state index contributed by atoms with van der Waals surface area (Å²) >= 11 is 7.22. The van der Waals surface area contributed by atoms with Gasteiger partial charge in [0.25, 0.3) is 0 Å². The Kier molecular flexibility index (Phi) is 10.9. The highest BCUT2D eigenvalue weighted by molar-refractivity contribution is 9.10. The summed E-state index contributed by atoms with van der Waals surface area (Å²) in [7, 11) is 0. The largest absolute Gasteiger partial charge is 0.342 e. The molecule has 1 aliphatic carbocycles. The van der Waals surface area contributed by atoms with Gasteiger partial charge in [-0.2, -0.15) is 0 Å². The Hall–Kier alpha value is -1.86. The summed E-state index contributed by atoms with van der Waals surface area (Å²) in [5.74, 6) is -1.22. The first kappa shape index (κ1) is 30.1. The highest BCUT2D eigenvalue weighted by Gasteiger charge is 2.49. The van der Waals surface area contributed by atoms with Gasteiger partial charge in [-0.15, -0.1) is 0 Å². The Bertz CT molecular complexity index is 1170. The molecule has 2 aliphatic rings. The van der Waals surface area contributed by atoms with Crippen molar-refractivity contribution in [1.82, 2.24) is 0 Å². The molecular weight excluding hydrogens is 616 g/mol. The molecule has 0 bridgehead atoms. The van der Waals surface area contributed by atoms with Crippen molar-refractivity contribution in [2.24, 2.45) is 15.9 Å². The SMILES string of the molecule is CCCC(CC)OC1(OC(CC)CCC)C=C(c2ccc(Br)cc2)C(c2ccc(Br)cc2)=CC1C1N=CC=N1. The van der Waals surface area contributed by atoms with Crippen molar-refractivity contribution >= 4 is 55.4 Å². The quantitative estimate of drug-likeness (QED) is 0.202. The molecule has 3 unspecified atom stereocenters. The van der Waals surface area contributed by atoms with Gasteiger partial charge in [-0.1, -0.05) is 103 Å². The molecule has 4 nitrogen and oxygen atoms in total. The molecule has 0 saturated heterocycles. The zero-order chi connectivity index (χ0) is 27.8. The summed E-state index contributed by atoms with van der Waals surface area (Å²) in [5, 5.41) is 0. The second-order valence-corrected chi connectivity index (χ2v) is 12.1. The van der Waals surface area contributed by atoms with Gasteiger partial charge >= 0.3 is 0 Å². The van der Waals surface area contributed by atoms with E-state index in [0.717, 1.165) is 69.7 Å². The predicted molar refractivity (Wildman–Crippen MR) is 171 cm³/mol. The zero-order valence-corrected chi connectivity index (χ0v) is 26.6. The summed E-state index contributed by atoms with van der Waals surface area (Å²) < 4.78 is 16.4. The topological polar surface area (TPSA) is 43.2 Å². The van der Waals surface area contributed by atoms with Crippen LogP contribution in [0.2, 0.25) is 0 Å². The number of hydrogen-bond donors (Lipinski definition) is 0. The van der Waals surface area contributed by atoms with Crippen molar-refractivity contribution in [3.05, 3.63) is 80.8 Å². The maximum Gasteiger partial charge on any atom is 0.199 e. The summed E-state index contributed by atoms with van der Waals surface area (Å²) in [5.41, 5.74) is 4.50. The van der Waals surface area contributed by atoms with Gasteiger partial charge in [-0.05, 0) is 78.3 Å². The number of aliphatic imine (C=N–C) groups is 2. The molecule has 1 heterocycles. The molecule has 0 saturated carbocycles. The molecule has 0 fully saturated rings. The summed E-state index contributed by atoms with van der Waals surface area (Å²) in [6.45, 7) is 8.82. The van der Waals surface area contributed by atoms with E-state index >= 15 is 0 Å². The van der Waals surface area contributed by atoms with Crippen LogP contribution in [0, 0.1) is 5.92 Å². The van der Waals surface area contributed by atoms with E-state index < -0.39 is 5.79 Å². The van der Waals surface area contributed by atoms with Crippen LogP contribution in [0.1, 0.15) is 77.3 Å². The normalized spacial score (nSPS) is 22.6. The van der Waals surface area contributed by atoms with E-state index in [1.807, 2.05) is 0 Å². The first-order valence-corrected chi connectivity index (χ1v) is 15.9. The lowest BCUT2D eigenvalue weighted by Crippen LogP contribution is -2.51. The third-order valence-corrected chi connectivity index (χ3v) is 8.51. The summed E-state index contributed by atoms with van der Waals surface area (Å²) in [4.78, 5) is 9.54. The predicted octanol–water partition coefficient (Wildman–Crippen LogP) is 9.68. The fourth-order valence-electron chi connectivity index (χ4n) is 5.39. The molecule has 208 valence electrons. The van der Waals surface area contributed by atoms with Crippen LogP contribution in [0.15, 0.2) is 79.6 Å². The van der Waals surface area contributed by atoms with Crippen molar-refractivity contribution in [3.8, 4) is 0 Å². The van der Waals surface area contributed by atoms with Gasteiger partial charge in [0.05, 0.1) is 18.1 Å². The van der Waals surface area contributed by atoms with Gasteiger partial charge in [-0.3, -0.25) is 9.98 Å². The number of ether oxygens (including phenoxy) is 2. The fourth-order valence-corrected chi connectivity index (χ4v) is 5.92. The van der Waals surface area contributed by atoms with E-state index in [4.69, 9.17) is 19.5 Å². The van der Waals surface area contributed by atoms with Crippen molar-refractivity contribution in [2.75, 3.05) is 0 Å². The fraction of sp³-hybridized carbons (Fsp3) is 0.455. The summed E-state index contributed by atoms with van der Waals surface area (Å²) in [6.07, 6.45) is 13.8. The van der Waals surface area contributed by atoms with Gasteiger partial charge in [0.2, 0.25) is 0 Å². The van der Waals surface area contributed by atoms with E-state index in [2.05, 4.69) is 120 Å². The molecule has 0 N–H and O–H groups in total. The average molecular weight is 657 g/mol. The Morgan fingerprint density at radius 1 is 0.718 bits per heavy atom. The number of rotatable bonds is 13. The van der Waals surface area contributed by atoms with E-state index in [0.29, 0.717) is 0 Å². The highest BCUT2D eigenvalue weighted by atomic mass is 79.9. The minimum Gasteiger partial charge on any atom is -0.342 e. The standard InChI is InChI=1S/C33H40Br2N2O2/c1-5-9-27(7-3)38-33(39-28(8-4)10-6-2)22-30(24-13-17-26(35)18-14-24)29(23-11-15-25(34)16-12-23)21-31(33)32-36-19-20-37-32/h11-22,27-28,31-32H,5-10H2,1-4H3. The number of benzene rings is 2. The summed E-state index contributed by atoms with van der Waals surface area (Å²) in [6, 6.07) is 17.0. The van der Waals surface area contributed by atoms with Crippen LogP contribution in [0.5, 0.6) is 0 Å². The van der Waals surface area contributed by atoms with Crippen LogP contribution in [-0.2, 0) is 9.47 Å². The van der Waals surface area contributed by atoms with Crippen LogP contribution < -0.4 is 0 Å². The molecule has 0 radical (unpaired) electrons. The molecule has 4 rings (SSSR count). The molecule has 1 aliphatic heterocycles. The average Bonchev–Trinajstić information content (AvgIpc) is 3.48. The molecular formula is C33H40Br2N2O2. The third-order valence-electron chi connectivity index (χ3n) is 7.46. The lowest BCUT2D eigenvalue weighted by atomic mass is 9.78. The van der Waals surface area contributed by atoms with E-state index in [1.54, 1.807) is 12.4 Å². The maximum absolute atomic E-state index is 7.14. The van der Waals surface area contributed by atoms with Crippen LogP contribution in [-0.4, -0.2) is 36.6 Å². The Balaban J connectivity index is 1.95. The van der Waals surface area contributed by atoms with E-state index in [9.17, 15) is 0 Å². The van der Waals surface area contributed by atoms with Crippen molar-refractivity contribution in [1.29, 1.82) is 0 Å². The van der Waals surface area contributed by atoms with E-state index in [1.165, 1.54) is 0 Å². The first-order valence-electron chi connectivity index (χ1n) is 14.3. The highest BCUT2D eigenvalue weighted by Crippen LogP contribution is 2.47. The minimum absolute atomic E-state index is 0.0658. The van der Waals surface area contributed by atoms with Gasteiger partial charge in [0, 0.05) is 21.4 Å². The maximum atomic E-state index is 7.14. The van der Waals surface area contributed by atoms with Gasteiger partial charge in [0.15, 0.2) is 12.0 Å². The number of hydrogen-bond acceptors (Lipinski definition) is 4. The Labute approximate surface area is 251 Å². The molecule has 2 aromatic rings. The molecule has 39 heavy (non-hydrogen) atoms. The van der Waals surface area contributed by atoms with Crippen LogP contribution >= 0.6 is 31.9 Å². The lowest BCUT2D eigenvalue weighted by molar-refractivity contribution is -0.273. The molecule has 6 heteroatoms. The zero-order valence-electron chi connectivity index (χ0n) is 23.4. The van der Waals surface area contributed by atoms with Crippen molar-refractivity contribution < 1.29 is 9.47 Å². The second kappa shape index (κ2) is 14.2. The van der Waals surface area contributed by atoms with Gasteiger partial charge < -0.3 is 9.47 Å². The number of halogens is 2. The van der Waals surface area contributed by atoms with Crippen LogP contribution in [0.4, 0.5) is 0 Å². The van der Waals surface area contributed by atoms with Crippen LogP contribution in [0.25, 0.3) is 11.1 Å². The molecule has 0 aromatic heterocycles. The first-order chi connectivity index (χ1) is 18.9. The van der Waals surface area contributed by atoms with Crippen LogP contribution in [0.3, 0.4) is 0 Å². The van der Waals surface area contributed by atoms with Crippen molar-refractivity contribution in [3.63, 3.8) is 0 Å². The third kappa shape index (κ3) is 7.27. The van der Waals surface area contributed by atoms with Crippen molar-refractivity contribution in [2.45, 2.75) is 90.4 Å². The Morgan fingerprint density at radius 3 is 1.62 bits per heavy atom. The minimum atomic E-state index is -1.00.